The molecule has 2 aliphatic rings. The lowest BCUT2D eigenvalue weighted by molar-refractivity contribution is -0.174. The van der Waals surface area contributed by atoms with Crippen molar-refractivity contribution in [1.82, 2.24) is 9.80 Å². The Morgan fingerprint density at radius 1 is 0.833 bits per heavy atom. The van der Waals surface area contributed by atoms with Crippen LogP contribution in [0.5, 0.6) is 0 Å². The predicted octanol–water partition coefficient (Wildman–Crippen LogP) is 1.42. The van der Waals surface area contributed by atoms with Gasteiger partial charge in [0, 0.05) is 13.1 Å². The zero-order valence-electron chi connectivity index (χ0n) is 15.2. The van der Waals surface area contributed by atoms with E-state index in [0.29, 0.717) is 13.2 Å². The summed E-state index contributed by atoms with van der Waals surface area (Å²) < 4.78 is 10.6. The Hall–Kier alpha value is -0.850. The largest absolute Gasteiger partial charge is 0.464 e. The summed E-state index contributed by atoms with van der Waals surface area (Å²) in [5.74, 6) is -0.0882. The fourth-order valence-corrected chi connectivity index (χ4v) is 3.53. The van der Waals surface area contributed by atoms with Crippen LogP contribution in [0.4, 0.5) is 0 Å². The summed E-state index contributed by atoms with van der Waals surface area (Å²) in [7, 11) is 7.83. The average Bonchev–Trinajstić information content (AvgIpc) is 2.34. The van der Waals surface area contributed by atoms with E-state index in [9.17, 15) is 9.59 Å². The molecule has 2 saturated carbocycles. The molecule has 0 aliphatic heterocycles. The molecule has 0 aromatic rings. The molecule has 1 spiro atoms. The number of carbonyl (C=O) groups excluding carboxylic acids is 2. The molecule has 0 N–H and O–H groups in total. The van der Waals surface area contributed by atoms with E-state index in [4.69, 9.17) is 9.47 Å². The van der Waals surface area contributed by atoms with Crippen molar-refractivity contribution in [2.45, 2.75) is 25.7 Å². The molecule has 0 radical (unpaired) electrons. The number of rotatable bonds is 8. The highest BCUT2D eigenvalue weighted by molar-refractivity contribution is 5.85. The molecule has 140 valence electrons. The molecule has 0 aromatic carbocycles. The molecule has 6 nitrogen and oxygen atoms in total. The topological polar surface area (TPSA) is 59.1 Å². The number of halogens is 1. The molecule has 7 heteroatoms. The normalized spacial score (nSPS) is 28.1. The van der Waals surface area contributed by atoms with Gasteiger partial charge in [-0.3, -0.25) is 9.59 Å². The highest BCUT2D eigenvalue weighted by Crippen LogP contribution is 2.61. The second-order valence-corrected chi connectivity index (χ2v) is 7.65. The summed E-state index contributed by atoms with van der Waals surface area (Å²) in [5.41, 5.74) is 0.205. The molecular formula is C17H31ClN2O4. The van der Waals surface area contributed by atoms with E-state index in [1.165, 1.54) is 0 Å². The van der Waals surface area contributed by atoms with Gasteiger partial charge in [-0.25, -0.2) is 0 Å². The molecular weight excluding hydrogens is 332 g/mol. The molecule has 0 aromatic heterocycles. The van der Waals surface area contributed by atoms with E-state index in [2.05, 4.69) is 0 Å². The van der Waals surface area contributed by atoms with Crippen LogP contribution >= 0.6 is 12.4 Å². The highest BCUT2D eigenvalue weighted by atomic mass is 35.5. The molecule has 2 fully saturated rings. The van der Waals surface area contributed by atoms with E-state index in [0.717, 1.165) is 38.8 Å². The van der Waals surface area contributed by atoms with Crippen molar-refractivity contribution in [1.29, 1.82) is 0 Å². The van der Waals surface area contributed by atoms with Gasteiger partial charge >= 0.3 is 11.9 Å². The predicted molar refractivity (Wildman–Crippen MR) is 94.2 cm³/mol. The van der Waals surface area contributed by atoms with Crippen LogP contribution in [0.2, 0.25) is 0 Å². The van der Waals surface area contributed by atoms with Gasteiger partial charge in [0.2, 0.25) is 0 Å². The van der Waals surface area contributed by atoms with Crippen LogP contribution in [0, 0.1) is 17.3 Å². The number of ether oxygens (including phenoxy) is 2. The smallest absolute Gasteiger partial charge is 0.309 e. The van der Waals surface area contributed by atoms with Gasteiger partial charge in [-0.05, 0) is 59.3 Å². The number of hydrogen-bond acceptors (Lipinski definition) is 6. The first-order valence-corrected chi connectivity index (χ1v) is 8.44. The fourth-order valence-electron chi connectivity index (χ4n) is 3.53. The van der Waals surface area contributed by atoms with Crippen molar-refractivity contribution in [2.75, 3.05) is 54.5 Å². The van der Waals surface area contributed by atoms with Crippen LogP contribution in [0.25, 0.3) is 0 Å². The van der Waals surface area contributed by atoms with E-state index in [1.54, 1.807) is 0 Å². The zero-order valence-corrected chi connectivity index (χ0v) is 16.1. The van der Waals surface area contributed by atoms with Gasteiger partial charge in [0.15, 0.2) is 0 Å². The summed E-state index contributed by atoms with van der Waals surface area (Å²) in [6.07, 6.45) is 3.48. The van der Waals surface area contributed by atoms with Crippen LogP contribution in [0.3, 0.4) is 0 Å². The Labute approximate surface area is 151 Å². The van der Waals surface area contributed by atoms with Crippen LogP contribution in [0.1, 0.15) is 25.7 Å². The Morgan fingerprint density at radius 2 is 1.17 bits per heavy atom. The van der Waals surface area contributed by atoms with Gasteiger partial charge in [-0.1, -0.05) is 0 Å². The lowest BCUT2D eigenvalue weighted by atomic mass is 9.48. The Kier molecular flexibility index (Phi) is 7.96. The Bertz CT molecular complexity index is 387. The third kappa shape index (κ3) is 5.60. The number of likely N-dealkylation sites (N-methyl/N-ethyl adjacent to an activating group) is 2. The molecule has 2 aliphatic carbocycles. The summed E-state index contributed by atoms with van der Waals surface area (Å²) >= 11 is 0. The van der Waals surface area contributed by atoms with Crippen LogP contribution < -0.4 is 0 Å². The number of esters is 2. The number of hydrogen-bond donors (Lipinski definition) is 0. The van der Waals surface area contributed by atoms with Gasteiger partial charge in [-0.2, -0.15) is 0 Å². The number of carbonyl (C=O) groups is 2. The van der Waals surface area contributed by atoms with E-state index < -0.39 is 0 Å². The third-order valence-electron chi connectivity index (χ3n) is 4.95. The fraction of sp³-hybridized carbons (Fsp3) is 0.882. The maximum absolute atomic E-state index is 11.9. The minimum Gasteiger partial charge on any atom is -0.464 e. The van der Waals surface area contributed by atoms with Crippen molar-refractivity contribution >= 4 is 24.3 Å². The summed E-state index contributed by atoms with van der Waals surface area (Å²) in [4.78, 5) is 27.8. The van der Waals surface area contributed by atoms with Crippen molar-refractivity contribution < 1.29 is 19.1 Å². The van der Waals surface area contributed by atoms with Crippen molar-refractivity contribution in [3.05, 3.63) is 0 Å². The SMILES string of the molecule is CN(C)CCOC(=O)C1CC2(C1)CC(C(=O)OCCN(C)C)C2.Cl. The lowest BCUT2D eigenvalue weighted by Gasteiger charge is -2.56. The molecule has 0 unspecified atom stereocenters. The Balaban J connectivity index is 0.00000288. The van der Waals surface area contributed by atoms with Gasteiger partial charge in [0.05, 0.1) is 11.8 Å². The summed E-state index contributed by atoms with van der Waals surface area (Å²) in [6.45, 7) is 2.42. The number of nitrogens with zero attached hydrogens (tertiary/aromatic N) is 2. The zero-order chi connectivity index (χ0) is 17.0. The first-order valence-electron chi connectivity index (χ1n) is 8.44. The van der Waals surface area contributed by atoms with Crippen molar-refractivity contribution in [3.63, 3.8) is 0 Å². The highest BCUT2D eigenvalue weighted by Gasteiger charge is 2.57. The standard InChI is InChI=1S/C17H30N2O4.ClH/c1-18(2)5-7-22-15(20)13-9-17(10-13)11-14(12-17)16(21)23-8-6-19(3)4;/h13-14H,5-12H2,1-4H3;1H. The van der Waals surface area contributed by atoms with E-state index in [-0.39, 0.29) is 41.6 Å². The Morgan fingerprint density at radius 3 is 1.46 bits per heavy atom. The first-order chi connectivity index (χ1) is 10.8. The minimum atomic E-state index is -0.0746. The lowest BCUT2D eigenvalue weighted by Crippen LogP contribution is -2.52. The van der Waals surface area contributed by atoms with Crippen molar-refractivity contribution in [3.8, 4) is 0 Å². The van der Waals surface area contributed by atoms with Gasteiger partial charge in [-0.15, -0.1) is 12.4 Å². The molecule has 0 saturated heterocycles. The maximum Gasteiger partial charge on any atom is 0.309 e. The first kappa shape index (κ1) is 21.2. The second kappa shape index (κ2) is 9.02. The van der Waals surface area contributed by atoms with Crippen LogP contribution in [0.15, 0.2) is 0 Å². The van der Waals surface area contributed by atoms with E-state index in [1.807, 2.05) is 38.0 Å². The summed E-state index contributed by atoms with van der Waals surface area (Å²) in [6, 6.07) is 0. The minimum absolute atomic E-state index is 0. The van der Waals surface area contributed by atoms with Gasteiger partial charge in [0.1, 0.15) is 13.2 Å². The molecule has 0 atom stereocenters. The monoisotopic (exact) mass is 362 g/mol. The molecule has 0 amide bonds. The molecule has 24 heavy (non-hydrogen) atoms. The average molecular weight is 363 g/mol. The third-order valence-corrected chi connectivity index (χ3v) is 4.95. The van der Waals surface area contributed by atoms with Gasteiger partial charge < -0.3 is 19.3 Å². The maximum atomic E-state index is 11.9. The molecule has 0 heterocycles. The van der Waals surface area contributed by atoms with Crippen LogP contribution in [-0.4, -0.2) is 76.2 Å². The molecule has 0 bridgehead atoms. The quantitative estimate of drug-likeness (QED) is 0.609. The second-order valence-electron chi connectivity index (χ2n) is 7.65. The van der Waals surface area contributed by atoms with Crippen molar-refractivity contribution in [2.24, 2.45) is 17.3 Å². The summed E-state index contributed by atoms with van der Waals surface area (Å²) in [5, 5.41) is 0. The molecule has 2 rings (SSSR count). The van der Waals surface area contributed by atoms with E-state index >= 15 is 0 Å². The van der Waals surface area contributed by atoms with Gasteiger partial charge in [0.25, 0.3) is 0 Å². The van der Waals surface area contributed by atoms with Crippen LogP contribution in [-0.2, 0) is 19.1 Å².